The molecule has 10 atom stereocenters. The third-order valence-corrected chi connectivity index (χ3v) is 22.5. The Hall–Kier alpha value is -9.32. The molecule has 12 bridgehead atoms. The minimum absolute atomic E-state index is 0.00345. The number of ether oxygens (including phenoxy) is 6. The van der Waals surface area contributed by atoms with Gasteiger partial charge in [-0.2, -0.15) is 4.73 Å². The highest BCUT2D eigenvalue weighted by Crippen LogP contribution is 2.43. The molecule has 542 valence electrons. The summed E-state index contributed by atoms with van der Waals surface area (Å²) < 4.78 is 38.3. The van der Waals surface area contributed by atoms with Gasteiger partial charge in [-0.05, 0) is 66.5 Å². The van der Waals surface area contributed by atoms with E-state index in [0.29, 0.717) is 36.5 Å². The second kappa shape index (κ2) is 29.4. The number of rotatable bonds is 9. The normalized spacial score (nSPS) is 24.6. The van der Waals surface area contributed by atoms with E-state index in [9.17, 15) is 39.7 Å². The maximum Gasteiger partial charge on any atom is 0.358 e. The van der Waals surface area contributed by atoms with Crippen LogP contribution in [0.2, 0.25) is 0 Å². The number of allylic oxidation sites excluding steroid dienone is 1. The molecule has 5 aliphatic rings. The third-order valence-electron chi connectivity index (χ3n) is 18.0. The number of hydrogen-bond acceptors (Lipinski definition) is 31. The topological polar surface area (TPSA) is 425 Å². The minimum Gasteiger partial charge on any atom is -0.506 e. The zero-order valence-electron chi connectivity index (χ0n) is 56.3. The molecule has 2 fully saturated rings. The highest BCUT2D eigenvalue weighted by Gasteiger charge is 2.50. The highest BCUT2D eigenvalue weighted by atomic mass is 32.1. The summed E-state index contributed by atoms with van der Waals surface area (Å²) in [6.07, 6.45) is -7.53. The Morgan fingerprint density at radius 2 is 1.50 bits per heavy atom. The number of aromatic nitrogens is 7. The van der Waals surface area contributed by atoms with Crippen LogP contribution in [0.15, 0.2) is 56.9 Å². The summed E-state index contributed by atoms with van der Waals surface area (Å²) in [4.78, 5) is 150. The summed E-state index contributed by atoms with van der Waals surface area (Å²) in [7, 11) is 6.81. The number of thiazole rings is 5. The number of hydrogen-bond donors (Lipinski definition) is 9. The van der Waals surface area contributed by atoms with E-state index in [1.165, 1.54) is 54.6 Å². The van der Waals surface area contributed by atoms with E-state index in [1.807, 2.05) is 7.05 Å². The van der Waals surface area contributed by atoms with Crippen molar-refractivity contribution in [1.82, 2.24) is 75.9 Å². The number of likely N-dealkylation sites (N-methyl/N-ethyl adjacent to an activating group) is 2. The van der Waals surface area contributed by atoms with Crippen LogP contribution in [0.3, 0.4) is 0 Å². The van der Waals surface area contributed by atoms with Crippen molar-refractivity contribution in [3.63, 3.8) is 0 Å². The number of aromatic hydroxyl groups is 1. The summed E-state index contributed by atoms with van der Waals surface area (Å²) in [6, 6.07) is 0.728. The number of nitrogens with zero attached hydrogens (tertiary/aromatic N) is 10. The van der Waals surface area contributed by atoms with Crippen LogP contribution in [0.1, 0.15) is 125 Å². The molecule has 2 saturated heterocycles. The molecular formula is C65H69N15O18S5. The fourth-order valence-corrected chi connectivity index (χ4v) is 17.1. The van der Waals surface area contributed by atoms with E-state index in [1.54, 1.807) is 55.3 Å². The van der Waals surface area contributed by atoms with E-state index < -0.39 is 133 Å². The van der Waals surface area contributed by atoms with Crippen molar-refractivity contribution in [3.05, 3.63) is 112 Å². The fourth-order valence-electron chi connectivity index (χ4n) is 12.9. The molecular weight excluding hydrogens is 1440 g/mol. The Morgan fingerprint density at radius 3 is 2.22 bits per heavy atom. The fraction of sp³-hybridized carbons (Fsp3) is 0.415. The average Bonchev–Trinajstić information content (AvgIpc) is 1.63. The van der Waals surface area contributed by atoms with Crippen molar-refractivity contribution < 1.29 is 87.3 Å². The van der Waals surface area contributed by atoms with E-state index >= 15 is 19.2 Å². The Balaban J connectivity index is 0.954. The molecule has 12 heterocycles. The van der Waals surface area contributed by atoms with Gasteiger partial charge in [0.2, 0.25) is 11.8 Å². The lowest BCUT2D eigenvalue weighted by atomic mass is 9.85. The van der Waals surface area contributed by atoms with E-state index in [2.05, 4.69) is 46.4 Å². The quantitative estimate of drug-likeness (QED) is 0.0565. The smallest absolute Gasteiger partial charge is 0.358 e. The second-order valence-corrected chi connectivity index (χ2v) is 29.8. The summed E-state index contributed by atoms with van der Waals surface area (Å²) in [5.41, 5.74) is -2.53. The molecule has 38 heteroatoms. The lowest BCUT2D eigenvalue weighted by Gasteiger charge is -2.48. The molecule has 0 saturated carbocycles. The number of aliphatic hydroxyl groups is 2. The first kappa shape index (κ1) is 72.0. The first-order valence-electron chi connectivity index (χ1n) is 32.2. The van der Waals surface area contributed by atoms with Crippen LogP contribution in [0.5, 0.6) is 5.75 Å². The second-order valence-electron chi connectivity index (χ2n) is 25.4. The van der Waals surface area contributed by atoms with Gasteiger partial charge in [0.1, 0.15) is 120 Å². The van der Waals surface area contributed by atoms with Gasteiger partial charge in [0.15, 0.2) is 18.1 Å². The molecule has 9 N–H and O–H groups in total. The van der Waals surface area contributed by atoms with Gasteiger partial charge in [0.05, 0.1) is 49.6 Å². The van der Waals surface area contributed by atoms with E-state index in [4.69, 9.17) is 43.4 Å². The van der Waals surface area contributed by atoms with Crippen LogP contribution in [0.25, 0.3) is 49.3 Å². The largest absolute Gasteiger partial charge is 0.506 e. The molecule has 33 nitrogen and oxygen atoms in total. The SMILES string of the molecule is CO/C(C)=C1/NC(=O)[C@H]([C@@H](C)O)NC(=O)c2csc(n2)-c2cc(O)c(-c3nc(C(=O)NCC(=O)N4CCN(C)CC4)cs3)nc2-c2csc(n2)[C@@H]2COC(=O)c3c4c5c(cccc5n3O)COC(=O)[C@@H](O[C@H]3C[C@](C)(O)[C@H](N(C)C)[C@H](C)O3)[C@@H](OC4)[C@H](NC(=O)c3csc1n3)c1nc(cs1)C(=O)N2. The first-order chi connectivity index (χ1) is 49.2. The molecule has 6 amide bonds. The van der Waals surface area contributed by atoms with Crippen molar-refractivity contribution in [1.29, 1.82) is 0 Å². The number of carbonyl (C=O) groups is 8. The number of piperazine rings is 1. The Morgan fingerprint density at radius 1 is 0.825 bits per heavy atom. The molecule has 8 aromatic rings. The Kier molecular flexibility index (Phi) is 20.6. The number of methoxy groups -OCH3 is 1. The van der Waals surface area contributed by atoms with Crippen LogP contribution in [-0.2, 0) is 56.0 Å². The minimum atomic E-state index is -1.91. The van der Waals surface area contributed by atoms with Crippen LogP contribution in [0.4, 0.5) is 0 Å². The average molecular weight is 1510 g/mol. The van der Waals surface area contributed by atoms with Gasteiger partial charge >= 0.3 is 11.9 Å². The monoisotopic (exact) mass is 1510 g/mol. The van der Waals surface area contributed by atoms with Gasteiger partial charge in [-0.25, -0.2) is 39.5 Å². The predicted octanol–water partition coefficient (Wildman–Crippen LogP) is 3.67. The number of fused-ring (bicyclic) bond motifs is 15. The Bertz CT molecular complexity index is 4700. The molecule has 13 rings (SSSR count). The van der Waals surface area contributed by atoms with Crippen molar-refractivity contribution >= 4 is 121 Å². The number of nitrogens with one attached hydrogen (secondary N) is 5. The maximum absolute atomic E-state index is 15.2. The molecule has 7 aromatic heterocycles. The van der Waals surface area contributed by atoms with Gasteiger partial charge in [0.25, 0.3) is 23.6 Å². The number of esters is 2. The van der Waals surface area contributed by atoms with Crippen LogP contribution >= 0.6 is 56.7 Å². The number of amides is 6. The van der Waals surface area contributed by atoms with Crippen LogP contribution in [-0.4, -0.2) is 233 Å². The zero-order chi connectivity index (χ0) is 73.0. The number of aliphatic hydroxyl groups excluding tert-OH is 1. The van der Waals surface area contributed by atoms with Crippen molar-refractivity contribution in [2.75, 3.05) is 67.6 Å². The van der Waals surface area contributed by atoms with Gasteiger partial charge in [0, 0.05) is 76.0 Å². The van der Waals surface area contributed by atoms with Gasteiger partial charge in [-0.15, -0.1) is 56.7 Å². The number of benzene rings is 1. The molecule has 0 radical (unpaired) electrons. The highest BCUT2D eigenvalue weighted by molar-refractivity contribution is 7.14. The molecule has 0 aliphatic carbocycles. The molecule has 103 heavy (non-hydrogen) atoms. The van der Waals surface area contributed by atoms with Crippen molar-refractivity contribution in [2.45, 2.75) is 108 Å². The number of cyclic esters (lactones) is 2. The van der Waals surface area contributed by atoms with Crippen LogP contribution in [0, 0.1) is 0 Å². The van der Waals surface area contributed by atoms with E-state index in [-0.39, 0.29) is 117 Å². The standard InChI is InChI=1S/C65H69N15O18S5/c1-27(81)44-57(88)75-45(28(2)93-8)60-71-38(26-101-60)56(87)76-48-50-51(98-42-17-65(4,91)52(77(5)6)29(3)97-42)64(90)95-19-30-10-9-11-39-43(30)32(20-94-50)49(80(39)92)63(89)96-21-33(67-54(85)36-25-103-62(48)72-36)59-68-34(22-100-59)46-31(58-69-37(24-99-58)55(86)74-44)16-40(82)47(73-46)61-70-35(23-102-61)53(84)66-18-41(83)79-14-12-78(7)13-15-79/h9-11,16,22-27,29,33,42,44,48,50-52,81-82,91-92H,12-15,17-21H2,1-8H3,(H,66,84)(H,67,85)(H,74,86)(H,75,88)(H,76,87)/b45-28+/t27-,29+,33+,42+,44+,48+,50+,51+,52-,65+/m1/s1. The van der Waals surface area contributed by atoms with Gasteiger partial charge in [-0.3, -0.25) is 28.8 Å². The van der Waals surface area contributed by atoms with Crippen molar-refractivity contribution in [2.24, 2.45) is 0 Å². The molecule has 5 aliphatic heterocycles. The number of pyridine rings is 1. The number of carbonyl (C=O) groups excluding carboxylic acids is 8. The maximum atomic E-state index is 15.2. The zero-order valence-corrected chi connectivity index (χ0v) is 60.4. The first-order valence-corrected chi connectivity index (χ1v) is 36.6. The summed E-state index contributed by atoms with van der Waals surface area (Å²) in [5, 5.41) is 68.4. The molecule has 1 aromatic carbocycles. The predicted molar refractivity (Wildman–Crippen MR) is 371 cm³/mol. The summed E-state index contributed by atoms with van der Waals surface area (Å²) >= 11 is 4.60. The van der Waals surface area contributed by atoms with E-state index in [0.717, 1.165) is 56.7 Å². The van der Waals surface area contributed by atoms with Crippen molar-refractivity contribution in [3.8, 4) is 38.4 Å². The summed E-state index contributed by atoms with van der Waals surface area (Å²) in [6.45, 7) is 6.34. The lowest BCUT2D eigenvalue weighted by Crippen LogP contribution is -2.62. The Labute approximate surface area is 605 Å². The summed E-state index contributed by atoms with van der Waals surface area (Å²) in [5.74, 6) is -7.26. The van der Waals surface area contributed by atoms with Gasteiger partial charge in [-0.1, -0.05) is 12.1 Å². The lowest BCUT2D eigenvalue weighted by molar-refractivity contribution is -0.280. The third kappa shape index (κ3) is 14.6. The van der Waals surface area contributed by atoms with Crippen LogP contribution < -0.4 is 26.6 Å². The molecule has 0 unspecified atom stereocenters. The van der Waals surface area contributed by atoms with Gasteiger partial charge < -0.3 is 90.2 Å². The molecule has 0 spiro atoms.